The largest absolute Gasteiger partial charge is 0.484 e. The third-order valence-corrected chi connectivity index (χ3v) is 6.41. The minimum absolute atomic E-state index is 0.308. The molecule has 1 unspecified atom stereocenters. The van der Waals surface area contributed by atoms with Crippen LogP contribution >= 0.6 is 11.6 Å². The van der Waals surface area contributed by atoms with Crippen LogP contribution in [-0.4, -0.2) is 55.2 Å². The van der Waals surface area contributed by atoms with Gasteiger partial charge >= 0.3 is 0 Å². The lowest BCUT2D eigenvalue weighted by atomic mass is 9.99. The summed E-state index contributed by atoms with van der Waals surface area (Å²) >= 11 is 6.76. The van der Waals surface area contributed by atoms with Crippen molar-refractivity contribution in [1.29, 1.82) is 0 Å². The number of hydrogen-bond donors (Lipinski definition) is 2. The van der Waals surface area contributed by atoms with Crippen molar-refractivity contribution in [3.8, 4) is 0 Å². The van der Waals surface area contributed by atoms with E-state index in [9.17, 15) is 9.18 Å². The summed E-state index contributed by atoms with van der Waals surface area (Å²) in [6.45, 7) is 6.90. The number of pyridine rings is 1. The summed E-state index contributed by atoms with van der Waals surface area (Å²) in [6.07, 6.45) is 2.03. The number of benzene rings is 1. The Balaban J connectivity index is 1.46. The number of morpholine rings is 1. The predicted octanol–water partition coefficient (Wildman–Crippen LogP) is 3.92. The van der Waals surface area contributed by atoms with Gasteiger partial charge in [0.25, 0.3) is 5.91 Å². The normalized spacial score (nSPS) is 22.3. The first kappa shape index (κ1) is 21.2. The van der Waals surface area contributed by atoms with Gasteiger partial charge in [0.2, 0.25) is 0 Å². The van der Waals surface area contributed by atoms with Crippen LogP contribution in [0.4, 0.5) is 15.9 Å². The Morgan fingerprint density at radius 1 is 1.31 bits per heavy atom. The molecule has 1 fully saturated rings. The molecule has 4 heterocycles. The Bertz CT molecular complexity index is 1100. The van der Waals surface area contributed by atoms with E-state index in [-0.39, 0.29) is 12.0 Å². The van der Waals surface area contributed by atoms with E-state index in [1.54, 1.807) is 12.3 Å². The number of ether oxygens (including phenoxy) is 2. The van der Waals surface area contributed by atoms with Crippen LogP contribution in [0.25, 0.3) is 11.3 Å². The maximum absolute atomic E-state index is 13.9. The highest BCUT2D eigenvalue weighted by atomic mass is 35.5. The molecular weight excluding hydrogens is 435 g/mol. The Labute approximate surface area is 190 Å². The fraction of sp³-hybridized carbons (Fsp3) is 0.391. The van der Waals surface area contributed by atoms with Gasteiger partial charge in [-0.25, -0.2) is 9.37 Å². The number of rotatable bonds is 5. The first-order valence-corrected chi connectivity index (χ1v) is 11.2. The Hall–Kier alpha value is -2.68. The summed E-state index contributed by atoms with van der Waals surface area (Å²) in [6, 6.07) is 4.21. The Morgan fingerprint density at radius 3 is 2.91 bits per heavy atom. The van der Waals surface area contributed by atoms with Crippen molar-refractivity contribution in [3.05, 3.63) is 51.9 Å². The molecule has 1 atom stereocenters. The van der Waals surface area contributed by atoms with E-state index in [4.69, 9.17) is 21.1 Å². The highest BCUT2D eigenvalue weighted by Crippen LogP contribution is 2.49. The topological polar surface area (TPSA) is 75.7 Å². The summed E-state index contributed by atoms with van der Waals surface area (Å²) < 4.78 is 25.5. The zero-order valence-electron chi connectivity index (χ0n) is 17.7. The lowest BCUT2D eigenvalue weighted by Gasteiger charge is -2.26. The van der Waals surface area contributed by atoms with Gasteiger partial charge in [0.05, 0.1) is 23.8 Å². The molecule has 0 spiro atoms. The molecule has 0 bridgehead atoms. The lowest BCUT2D eigenvalue weighted by molar-refractivity contribution is -0.110. The van der Waals surface area contributed by atoms with E-state index in [2.05, 4.69) is 20.5 Å². The van der Waals surface area contributed by atoms with Crippen LogP contribution < -0.4 is 10.6 Å². The molecule has 5 rings (SSSR count). The molecule has 1 amide bonds. The fourth-order valence-corrected chi connectivity index (χ4v) is 4.73. The van der Waals surface area contributed by atoms with Gasteiger partial charge in [-0.15, -0.1) is 0 Å². The van der Waals surface area contributed by atoms with Gasteiger partial charge in [-0.3, -0.25) is 9.69 Å². The molecule has 2 N–H and O–H groups in total. The van der Waals surface area contributed by atoms with Crippen molar-refractivity contribution >= 4 is 40.3 Å². The second-order valence-corrected chi connectivity index (χ2v) is 8.37. The van der Waals surface area contributed by atoms with Crippen LogP contribution in [0.3, 0.4) is 0 Å². The molecular formula is C23H24ClFN4O3. The molecule has 168 valence electrons. The zero-order valence-corrected chi connectivity index (χ0v) is 18.5. The molecule has 9 heteroatoms. The van der Waals surface area contributed by atoms with Crippen molar-refractivity contribution in [3.63, 3.8) is 0 Å². The molecule has 3 aliphatic heterocycles. The number of carbonyl (C=O) groups is 1. The third kappa shape index (κ3) is 3.72. The predicted molar refractivity (Wildman–Crippen MR) is 121 cm³/mol. The standard InChI is InChI=1S/C23H24ClFN4O3/c1-2-17-18-15(12-27-22(20(18)24)26-5-6-29-7-9-31-10-8-29)21(32-17)19-14-11-13(25)3-4-16(14)28-23(19)30/h3-4,11-12,17H,2,5-10H2,1H3,(H,26,27)(H,28,30)/b21-19+. The third-order valence-electron chi connectivity index (χ3n) is 6.03. The minimum atomic E-state index is -0.417. The number of amides is 1. The minimum Gasteiger partial charge on any atom is -0.484 e. The maximum Gasteiger partial charge on any atom is 0.260 e. The summed E-state index contributed by atoms with van der Waals surface area (Å²) in [4.78, 5) is 19.6. The monoisotopic (exact) mass is 458 g/mol. The lowest BCUT2D eigenvalue weighted by Crippen LogP contribution is -2.39. The number of nitrogens with one attached hydrogen (secondary N) is 2. The molecule has 2 aromatic rings. The molecule has 1 aromatic carbocycles. The number of nitrogens with zero attached hydrogens (tertiary/aromatic N) is 2. The summed E-state index contributed by atoms with van der Waals surface area (Å²) in [5.74, 6) is 0.240. The average molecular weight is 459 g/mol. The van der Waals surface area contributed by atoms with Crippen LogP contribution in [0.1, 0.15) is 36.1 Å². The van der Waals surface area contributed by atoms with Crippen molar-refractivity contribution in [1.82, 2.24) is 9.88 Å². The first-order chi connectivity index (χ1) is 15.6. The molecule has 3 aliphatic rings. The van der Waals surface area contributed by atoms with Crippen molar-refractivity contribution < 1.29 is 18.7 Å². The maximum atomic E-state index is 13.9. The molecule has 0 radical (unpaired) electrons. The van der Waals surface area contributed by atoms with Crippen molar-refractivity contribution in [2.24, 2.45) is 0 Å². The molecule has 0 aliphatic carbocycles. The molecule has 7 nitrogen and oxygen atoms in total. The Morgan fingerprint density at radius 2 is 2.12 bits per heavy atom. The first-order valence-electron chi connectivity index (χ1n) is 10.8. The number of fused-ring (bicyclic) bond motifs is 2. The summed E-state index contributed by atoms with van der Waals surface area (Å²) in [5.41, 5.74) is 2.82. The molecule has 1 saturated heterocycles. The van der Waals surface area contributed by atoms with E-state index in [1.807, 2.05) is 6.92 Å². The number of hydrogen-bond acceptors (Lipinski definition) is 6. The van der Waals surface area contributed by atoms with E-state index in [1.165, 1.54) is 12.1 Å². The van der Waals surface area contributed by atoms with Gasteiger partial charge < -0.3 is 20.1 Å². The smallest absolute Gasteiger partial charge is 0.260 e. The van der Waals surface area contributed by atoms with E-state index >= 15 is 0 Å². The van der Waals surface area contributed by atoms with Crippen LogP contribution in [0, 0.1) is 5.82 Å². The van der Waals surface area contributed by atoms with Gasteiger partial charge in [-0.05, 0) is 24.6 Å². The van der Waals surface area contributed by atoms with Crippen LogP contribution in [0.15, 0.2) is 24.4 Å². The second kappa shape index (κ2) is 8.69. The van der Waals surface area contributed by atoms with Gasteiger partial charge in [-0.1, -0.05) is 18.5 Å². The van der Waals surface area contributed by atoms with Crippen LogP contribution in [0.2, 0.25) is 5.02 Å². The average Bonchev–Trinajstić information content (AvgIpc) is 3.32. The van der Waals surface area contributed by atoms with Crippen LogP contribution in [-0.2, 0) is 14.3 Å². The zero-order chi connectivity index (χ0) is 22.2. The number of aromatic nitrogens is 1. The van der Waals surface area contributed by atoms with Crippen LogP contribution in [0.5, 0.6) is 0 Å². The van der Waals surface area contributed by atoms with E-state index in [0.29, 0.717) is 52.0 Å². The molecule has 0 saturated carbocycles. The fourth-order valence-electron chi connectivity index (χ4n) is 4.39. The van der Waals surface area contributed by atoms with Gasteiger partial charge in [0.15, 0.2) is 0 Å². The van der Waals surface area contributed by atoms with E-state index in [0.717, 1.165) is 38.4 Å². The van der Waals surface area contributed by atoms with Gasteiger partial charge in [0, 0.05) is 54.8 Å². The Kier molecular flexibility index (Phi) is 5.75. The van der Waals surface area contributed by atoms with Gasteiger partial charge in [0.1, 0.15) is 23.5 Å². The summed E-state index contributed by atoms with van der Waals surface area (Å²) in [5, 5.41) is 6.59. The quantitative estimate of drug-likeness (QED) is 0.661. The van der Waals surface area contributed by atoms with Crippen molar-refractivity contribution in [2.75, 3.05) is 50.0 Å². The number of halogens is 2. The SMILES string of the molecule is CCC1O/C(=C2/C(=O)Nc3ccc(F)cc32)c2cnc(NCCN3CCOCC3)c(Cl)c21. The summed E-state index contributed by atoms with van der Waals surface area (Å²) in [7, 11) is 0. The number of anilines is 2. The molecule has 1 aromatic heterocycles. The second-order valence-electron chi connectivity index (χ2n) is 7.99. The number of carbonyl (C=O) groups excluding carboxylic acids is 1. The highest BCUT2D eigenvalue weighted by Gasteiger charge is 2.38. The van der Waals surface area contributed by atoms with Gasteiger partial charge in [-0.2, -0.15) is 0 Å². The highest BCUT2D eigenvalue weighted by molar-refractivity contribution is 6.37. The van der Waals surface area contributed by atoms with Crippen molar-refractivity contribution in [2.45, 2.75) is 19.4 Å². The molecule has 32 heavy (non-hydrogen) atoms. The van der Waals surface area contributed by atoms with E-state index < -0.39 is 5.82 Å².